The Morgan fingerprint density at radius 3 is 1.88 bits per heavy atom. The van der Waals surface area contributed by atoms with Crippen LogP contribution in [-0.4, -0.2) is 57.9 Å². The fourth-order valence-corrected chi connectivity index (χ4v) is 2.73. The second kappa shape index (κ2) is 7.47. The first kappa shape index (κ1) is 18.0. The lowest BCUT2D eigenvalue weighted by molar-refractivity contribution is -0.141. The van der Waals surface area contributed by atoms with E-state index in [4.69, 9.17) is 0 Å². The minimum atomic E-state index is -1.01. The summed E-state index contributed by atoms with van der Waals surface area (Å²) in [7, 11) is 0. The summed E-state index contributed by atoms with van der Waals surface area (Å²) in [4.78, 5) is 39.3. The number of carboxylic acid groups (broad SMARTS) is 1. The van der Waals surface area contributed by atoms with Crippen LogP contribution in [0.25, 0.3) is 0 Å². The van der Waals surface area contributed by atoms with Gasteiger partial charge in [0.1, 0.15) is 6.04 Å². The molecule has 2 amide bonds. The lowest BCUT2D eigenvalue weighted by Crippen LogP contribution is -2.44. The highest BCUT2D eigenvalue weighted by Gasteiger charge is 2.38. The Hall–Kier alpha value is -2.37. The minimum absolute atomic E-state index is 0.000540. The molecule has 130 valence electrons. The van der Waals surface area contributed by atoms with Gasteiger partial charge in [0, 0.05) is 30.3 Å². The fourth-order valence-electron chi connectivity index (χ4n) is 2.73. The third kappa shape index (κ3) is 3.75. The van der Waals surface area contributed by atoms with Crippen LogP contribution in [-0.2, 0) is 4.79 Å². The summed E-state index contributed by atoms with van der Waals surface area (Å²) in [6.07, 6.45) is 1.67. The molecule has 0 aliphatic heterocycles. The van der Waals surface area contributed by atoms with Crippen LogP contribution in [0.3, 0.4) is 0 Å². The molecule has 1 unspecified atom stereocenters. The molecule has 1 aliphatic rings. The fraction of sp³-hybridized carbons (Fsp3) is 0.500. The summed E-state index contributed by atoms with van der Waals surface area (Å²) >= 11 is 0. The third-order valence-electron chi connectivity index (χ3n) is 4.38. The highest BCUT2D eigenvalue weighted by molar-refractivity contribution is 5.99. The normalized spacial score (nSPS) is 14.8. The van der Waals surface area contributed by atoms with Crippen LogP contribution >= 0.6 is 0 Å². The Bertz CT molecular complexity index is 618. The summed E-state index contributed by atoms with van der Waals surface area (Å²) in [5.74, 6) is -1.38. The molecule has 0 radical (unpaired) electrons. The molecule has 0 bridgehead atoms. The van der Waals surface area contributed by atoms with E-state index < -0.39 is 12.0 Å². The zero-order valence-corrected chi connectivity index (χ0v) is 14.4. The van der Waals surface area contributed by atoms with Crippen LogP contribution in [0.2, 0.25) is 0 Å². The topological polar surface area (TPSA) is 77.9 Å². The standard InChI is InChI=1S/C18H24N2O4/c1-4-19(5-2)16(21)13-6-8-14(9-7-13)17(22)20(15-10-11-15)12(3)18(23)24/h6-9,12,15H,4-5,10-11H2,1-3H3,(H,23,24). The Balaban J connectivity index is 2.18. The van der Waals surface area contributed by atoms with Gasteiger partial charge >= 0.3 is 5.97 Å². The summed E-state index contributed by atoms with van der Waals surface area (Å²) < 4.78 is 0. The monoisotopic (exact) mass is 332 g/mol. The van der Waals surface area contributed by atoms with E-state index in [2.05, 4.69) is 0 Å². The molecule has 1 aliphatic carbocycles. The van der Waals surface area contributed by atoms with Gasteiger partial charge in [0.15, 0.2) is 0 Å². The first-order valence-corrected chi connectivity index (χ1v) is 8.35. The average Bonchev–Trinajstić information content (AvgIpc) is 3.40. The molecule has 1 fully saturated rings. The van der Waals surface area contributed by atoms with Crippen molar-refractivity contribution in [2.24, 2.45) is 0 Å². The highest BCUT2D eigenvalue weighted by Crippen LogP contribution is 2.30. The van der Waals surface area contributed by atoms with E-state index in [0.29, 0.717) is 24.2 Å². The second-order valence-electron chi connectivity index (χ2n) is 6.01. The number of nitrogens with zero attached hydrogens (tertiary/aromatic N) is 2. The van der Waals surface area contributed by atoms with Crippen molar-refractivity contribution < 1.29 is 19.5 Å². The maximum absolute atomic E-state index is 12.7. The van der Waals surface area contributed by atoms with Crippen molar-refractivity contribution in [3.63, 3.8) is 0 Å². The molecule has 1 aromatic carbocycles. The Labute approximate surface area is 142 Å². The largest absolute Gasteiger partial charge is 0.480 e. The molecule has 2 rings (SSSR count). The van der Waals surface area contributed by atoms with Gasteiger partial charge in [-0.15, -0.1) is 0 Å². The van der Waals surface area contributed by atoms with Gasteiger partial charge in [-0.25, -0.2) is 4.79 Å². The van der Waals surface area contributed by atoms with Crippen LogP contribution in [0.15, 0.2) is 24.3 Å². The van der Waals surface area contributed by atoms with Gasteiger partial charge in [-0.2, -0.15) is 0 Å². The first-order chi connectivity index (χ1) is 11.4. The number of carbonyl (C=O) groups is 3. The number of rotatable bonds is 7. The van der Waals surface area contributed by atoms with Crippen molar-refractivity contribution in [1.82, 2.24) is 9.80 Å². The molecule has 0 spiro atoms. The zero-order valence-electron chi connectivity index (χ0n) is 14.4. The SMILES string of the molecule is CCN(CC)C(=O)c1ccc(C(=O)N(C2CC2)C(C)C(=O)O)cc1. The van der Waals surface area contributed by atoms with E-state index in [1.54, 1.807) is 29.2 Å². The molecule has 0 heterocycles. The molecule has 0 aromatic heterocycles. The van der Waals surface area contributed by atoms with Gasteiger partial charge in [-0.3, -0.25) is 9.59 Å². The van der Waals surface area contributed by atoms with Crippen LogP contribution in [0.1, 0.15) is 54.3 Å². The lowest BCUT2D eigenvalue weighted by atomic mass is 10.1. The van der Waals surface area contributed by atoms with Gasteiger partial charge in [0.2, 0.25) is 0 Å². The van der Waals surface area contributed by atoms with E-state index in [0.717, 1.165) is 12.8 Å². The van der Waals surface area contributed by atoms with E-state index in [1.165, 1.54) is 11.8 Å². The smallest absolute Gasteiger partial charge is 0.326 e. The van der Waals surface area contributed by atoms with Crippen molar-refractivity contribution in [1.29, 1.82) is 0 Å². The van der Waals surface area contributed by atoms with Crippen LogP contribution in [0.4, 0.5) is 0 Å². The summed E-state index contributed by atoms with van der Waals surface area (Å²) in [6, 6.07) is 5.60. The molecule has 1 N–H and O–H groups in total. The number of amides is 2. The van der Waals surface area contributed by atoms with E-state index in [9.17, 15) is 19.5 Å². The van der Waals surface area contributed by atoms with Crippen LogP contribution < -0.4 is 0 Å². The molecule has 1 aromatic rings. The van der Waals surface area contributed by atoms with Gasteiger partial charge < -0.3 is 14.9 Å². The molecule has 6 nitrogen and oxygen atoms in total. The van der Waals surface area contributed by atoms with Crippen molar-refractivity contribution >= 4 is 17.8 Å². The maximum Gasteiger partial charge on any atom is 0.326 e. The second-order valence-corrected chi connectivity index (χ2v) is 6.01. The number of hydrogen-bond acceptors (Lipinski definition) is 3. The lowest BCUT2D eigenvalue weighted by Gasteiger charge is -2.26. The maximum atomic E-state index is 12.7. The molecule has 0 saturated heterocycles. The van der Waals surface area contributed by atoms with Gasteiger partial charge in [-0.1, -0.05) is 0 Å². The minimum Gasteiger partial charge on any atom is -0.480 e. The number of aliphatic carboxylic acids is 1. The molecular weight excluding hydrogens is 308 g/mol. The van der Waals surface area contributed by atoms with Crippen molar-refractivity contribution in [3.05, 3.63) is 35.4 Å². The summed E-state index contributed by atoms with van der Waals surface area (Å²) in [5, 5.41) is 9.21. The van der Waals surface area contributed by atoms with Crippen molar-refractivity contribution in [3.8, 4) is 0 Å². The Morgan fingerprint density at radius 2 is 1.50 bits per heavy atom. The number of carbonyl (C=O) groups excluding carboxylic acids is 2. The van der Waals surface area contributed by atoms with Crippen LogP contribution in [0, 0.1) is 0 Å². The summed E-state index contributed by atoms with van der Waals surface area (Å²) in [5.41, 5.74) is 0.936. The van der Waals surface area contributed by atoms with Crippen molar-refractivity contribution in [2.45, 2.75) is 45.7 Å². The quantitative estimate of drug-likeness (QED) is 0.831. The number of benzene rings is 1. The molecular formula is C18H24N2O4. The zero-order chi connectivity index (χ0) is 17.9. The summed E-state index contributed by atoms with van der Waals surface area (Å²) in [6.45, 7) is 6.61. The molecule has 1 saturated carbocycles. The molecule has 6 heteroatoms. The van der Waals surface area contributed by atoms with Gasteiger partial charge in [0.25, 0.3) is 11.8 Å². The highest BCUT2D eigenvalue weighted by atomic mass is 16.4. The van der Waals surface area contributed by atoms with E-state index >= 15 is 0 Å². The molecule has 1 atom stereocenters. The average molecular weight is 332 g/mol. The Morgan fingerprint density at radius 1 is 1.04 bits per heavy atom. The first-order valence-electron chi connectivity index (χ1n) is 8.35. The van der Waals surface area contributed by atoms with Gasteiger partial charge in [-0.05, 0) is 57.9 Å². The number of carboxylic acids is 1. The Kier molecular flexibility index (Phi) is 5.59. The number of hydrogen-bond donors (Lipinski definition) is 1. The van der Waals surface area contributed by atoms with Crippen LogP contribution in [0.5, 0.6) is 0 Å². The van der Waals surface area contributed by atoms with E-state index in [-0.39, 0.29) is 17.9 Å². The van der Waals surface area contributed by atoms with E-state index in [1.807, 2.05) is 13.8 Å². The molecule has 24 heavy (non-hydrogen) atoms. The predicted octanol–water partition coefficient (Wildman–Crippen LogP) is 2.25. The predicted molar refractivity (Wildman–Crippen MR) is 90.0 cm³/mol. The third-order valence-corrected chi connectivity index (χ3v) is 4.38. The van der Waals surface area contributed by atoms with Crippen molar-refractivity contribution in [2.75, 3.05) is 13.1 Å². The van der Waals surface area contributed by atoms with Gasteiger partial charge in [0.05, 0.1) is 0 Å².